The Morgan fingerprint density at radius 1 is 1.35 bits per heavy atom. The maximum Gasteiger partial charge on any atom is 0.167 e. The maximum absolute atomic E-state index is 12.3. The minimum Gasteiger partial charge on any atom is -0.294 e. The predicted octanol–water partition coefficient (Wildman–Crippen LogP) is 5.00. The second kappa shape index (κ2) is 5.41. The fourth-order valence-electron chi connectivity index (χ4n) is 2.60. The number of hydrogen-bond donors (Lipinski definition) is 0. The highest BCUT2D eigenvalue weighted by atomic mass is 35.5. The van der Waals surface area contributed by atoms with Crippen molar-refractivity contribution in [2.45, 2.75) is 32.6 Å². The predicted molar refractivity (Wildman–Crippen MR) is 71.9 cm³/mol. The molecule has 0 aromatic heterocycles. The molecule has 2 rings (SSSR count). The summed E-state index contributed by atoms with van der Waals surface area (Å²) in [4.78, 5) is 12.3. The molecule has 0 saturated heterocycles. The normalized spacial score (nSPS) is 23.9. The van der Waals surface area contributed by atoms with E-state index in [1.807, 2.05) is 0 Å². The summed E-state index contributed by atoms with van der Waals surface area (Å²) in [6.45, 7) is 2.18. The van der Waals surface area contributed by atoms with E-state index in [1.54, 1.807) is 18.2 Å². The van der Waals surface area contributed by atoms with Crippen LogP contribution >= 0.6 is 23.2 Å². The zero-order valence-corrected chi connectivity index (χ0v) is 11.4. The molecule has 0 N–H and O–H groups in total. The lowest BCUT2D eigenvalue weighted by Gasteiger charge is -2.11. The van der Waals surface area contributed by atoms with Gasteiger partial charge in [0, 0.05) is 11.5 Å². The second-order valence-corrected chi connectivity index (χ2v) is 5.54. The molecule has 0 aliphatic heterocycles. The zero-order chi connectivity index (χ0) is 12.4. The average molecular weight is 271 g/mol. The Kier molecular flexibility index (Phi) is 4.11. The van der Waals surface area contributed by atoms with Gasteiger partial charge in [0.05, 0.1) is 10.0 Å². The van der Waals surface area contributed by atoms with Crippen LogP contribution in [0.4, 0.5) is 0 Å². The second-order valence-electron chi connectivity index (χ2n) is 4.75. The topological polar surface area (TPSA) is 17.1 Å². The van der Waals surface area contributed by atoms with Gasteiger partial charge in [0.2, 0.25) is 0 Å². The van der Waals surface area contributed by atoms with Crippen LogP contribution in [0, 0.1) is 11.8 Å². The number of Topliss-reactive ketones (excluding diaryl/α,β-unsaturated/α-hetero) is 1. The van der Waals surface area contributed by atoms with Crippen LogP contribution in [-0.2, 0) is 0 Å². The van der Waals surface area contributed by atoms with Crippen LogP contribution in [-0.4, -0.2) is 5.78 Å². The van der Waals surface area contributed by atoms with Gasteiger partial charge >= 0.3 is 0 Å². The fraction of sp³-hybridized carbons (Fsp3) is 0.500. The third-order valence-electron chi connectivity index (χ3n) is 3.71. The molecule has 1 aromatic rings. The van der Waals surface area contributed by atoms with Crippen molar-refractivity contribution < 1.29 is 4.79 Å². The van der Waals surface area contributed by atoms with Crippen LogP contribution in [0.3, 0.4) is 0 Å². The molecule has 17 heavy (non-hydrogen) atoms. The minimum atomic E-state index is 0.135. The van der Waals surface area contributed by atoms with Crippen molar-refractivity contribution in [2.75, 3.05) is 0 Å². The number of ketones is 1. The highest BCUT2D eigenvalue weighted by Crippen LogP contribution is 2.37. The molecule has 2 atom stereocenters. The van der Waals surface area contributed by atoms with E-state index in [9.17, 15) is 4.79 Å². The van der Waals surface area contributed by atoms with Gasteiger partial charge in [-0.05, 0) is 37.3 Å². The Morgan fingerprint density at radius 2 is 2.12 bits per heavy atom. The highest BCUT2D eigenvalue weighted by molar-refractivity contribution is 6.43. The quantitative estimate of drug-likeness (QED) is 0.707. The van der Waals surface area contributed by atoms with Crippen molar-refractivity contribution in [1.82, 2.24) is 0 Å². The molecule has 0 heterocycles. The largest absolute Gasteiger partial charge is 0.294 e. The summed E-state index contributed by atoms with van der Waals surface area (Å²) in [5, 5.41) is 0.863. The molecule has 92 valence electrons. The first-order valence-corrected chi connectivity index (χ1v) is 6.87. The van der Waals surface area contributed by atoms with Crippen LogP contribution in [0.5, 0.6) is 0 Å². The number of benzene rings is 1. The van der Waals surface area contributed by atoms with Gasteiger partial charge in [0.15, 0.2) is 5.78 Å². The van der Waals surface area contributed by atoms with Gasteiger partial charge in [-0.25, -0.2) is 0 Å². The summed E-state index contributed by atoms with van der Waals surface area (Å²) < 4.78 is 0. The Balaban J connectivity index is 2.18. The van der Waals surface area contributed by atoms with Crippen molar-refractivity contribution in [2.24, 2.45) is 11.8 Å². The highest BCUT2D eigenvalue weighted by Gasteiger charge is 2.30. The molecule has 1 aromatic carbocycles. The molecule has 1 aliphatic carbocycles. The number of hydrogen-bond acceptors (Lipinski definition) is 1. The molecule has 0 bridgehead atoms. The standard InChI is InChI=1S/C14H16Cl2O/c1-2-9-6-7-10(8-9)14(17)11-4-3-5-12(15)13(11)16/h3-5,9-10H,2,6-8H2,1H3. The summed E-state index contributed by atoms with van der Waals surface area (Å²) in [5.41, 5.74) is 0.584. The van der Waals surface area contributed by atoms with Crippen LogP contribution in [0.15, 0.2) is 18.2 Å². The number of rotatable bonds is 3. The Labute approximate surface area is 112 Å². The molecule has 2 unspecified atom stereocenters. The van der Waals surface area contributed by atoms with Crippen molar-refractivity contribution in [1.29, 1.82) is 0 Å². The number of carbonyl (C=O) groups is 1. The molecule has 3 heteroatoms. The van der Waals surface area contributed by atoms with E-state index >= 15 is 0 Å². The lowest BCUT2D eigenvalue weighted by atomic mass is 9.94. The van der Waals surface area contributed by atoms with E-state index in [-0.39, 0.29) is 11.7 Å². The van der Waals surface area contributed by atoms with Gasteiger partial charge in [-0.15, -0.1) is 0 Å². The Bertz CT molecular complexity index is 428. The van der Waals surface area contributed by atoms with Crippen LogP contribution in [0.25, 0.3) is 0 Å². The van der Waals surface area contributed by atoms with Gasteiger partial charge in [-0.2, -0.15) is 0 Å². The minimum absolute atomic E-state index is 0.135. The van der Waals surface area contributed by atoms with E-state index in [0.29, 0.717) is 21.5 Å². The van der Waals surface area contributed by atoms with E-state index in [1.165, 1.54) is 0 Å². The van der Waals surface area contributed by atoms with Crippen molar-refractivity contribution in [3.05, 3.63) is 33.8 Å². The van der Waals surface area contributed by atoms with Crippen LogP contribution in [0.1, 0.15) is 43.0 Å². The van der Waals surface area contributed by atoms with Gasteiger partial charge in [-0.1, -0.05) is 42.6 Å². The SMILES string of the molecule is CCC1CCC(C(=O)c2cccc(Cl)c2Cl)C1. The summed E-state index contributed by atoms with van der Waals surface area (Å²) in [7, 11) is 0. The molecule has 1 saturated carbocycles. The van der Waals surface area contributed by atoms with Gasteiger partial charge in [0.25, 0.3) is 0 Å². The molecule has 0 spiro atoms. The van der Waals surface area contributed by atoms with Gasteiger partial charge in [-0.3, -0.25) is 4.79 Å². The van der Waals surface area contributed by atoms with E-state index in [4.69, 9.17) is 23.2 Å². The lowest BCUT2D eigenvalue weighted by molar-refractivity contribution is 0.0920. The summed E-state index contributed by atoms with van der Waals surface area (Å²) in [6, 6.07) is 5.27. The van der Waals surface area contributed by atoms with Crippen LogP contribution < -0.4 is 0 Å². The first-order valence-electron chi connectivity index (χ1n) is 6.11. The van der Waals surface area contributed by atoms with Crippen molar-refractivity contribution >= 4 is 29.0 Å². The molecule has 1 nitrogen and oxygen atoms in total. The van der Waals surface area contributed by atoms with E-state index in [0.717, 1.165) is 25.7 Å². The van der Waals surface area contributed by atoms with E-state index < -0.39 is 0 Å². The first-order chi connectivity index (χ1) is 8.13. The zero-order valence-electron chi connectivity index (χ0n) is 9.88. The van der Waals surface area contributed by atoms with Gasteiger partial charge in [0.1, 0.15) is 0 Å². The summed E-state index contributed by atoms with van der Waals surface area (Å²) in [5.74, 6) is 0.992. The summed E-state index contributed by atoms with van der Waals surface area (Å²) in [6.07, 6.45) is 4.30. The van der Waals surface area contributed by atoms with Gasteiger partial charge < -0.3 is 0 Å². The molecule has 1 aliphatic rings. The first kappa shape index (κ1) is 12.9. The Morgan fingerprint density at radius 3 is 2.76 bits per heavy atom. The Hall–Kier alpha value is -0.530. The van der Waals surface area contributed by atoms with E-state index in [2.05, 4.69) is 6.92 Å². The number of carbonyl (C=O) groups excluding carboxylic acids is 1. The fourth-order valence-corrected chi connectivity index (χ4v) is 2.99. The van der Waals surface area contributed by atoms with Crippen LogP contribution in [0.2, 0.25) is 10.0 Å². The smallest absolute Gasteiger partial charge is 0.167 e. The average Bonchev–Trinajstić information content (AvgIpc) is 2.80. The third-order valence-corrected chi connectivity index (χ3v) is 4.53. The third kappa shape index (κ3) is 2.66. The lowest BCUT2D eigenvalue weighted by Crippen LogP contribution is -2.12. The van der Waals surface area contributed by atoms with Crippen molar-refractivity contribution in [3.8, 4) is 0 Å². The van der Waals surface area contributed by atoms with Crippen molar-refractivity contribution in [3.63, 3.8) is 0 Å². The molecular weight excluding hydrogens is 255 g/mol. The molecule has 1 fully saturated rings. The molecular formula is C14H16Cl2O. The summed E-state index contributed by atoms with van der Waals surface area (Å²) >= 11 is 12.0. The monoisotopic (exact) mass is 270 g/mol. The maximum atomic E-state index is 12.3. The molecule has 0 amide bonds. The molecule has 0 radical (unpaired) electrons. The number of halogens is 2.